The van der Waals surface area contributed by atoms with Gasteiger partial charge in [0.1, 0.15) is 0 Å². The van der Waals surface area contributed by atoms with Crippen LogP contribution in [0, 0.1) is 5.92 Å². The predicted octanol–water partition coefficient (Wildman–Crippen LogP) is 4.16. The molecule has 7 heteroatoms. The number of hydrogen-bond acceptors (Lipinski definition) is 5. The van der Waals surface area contributed by atoms with Crippen molar-refractivity contribution in [3.63, 3.8) is 0 Å². The van der Waals surface area contributed by atoms with E-state index in [0.717, 1.165) is 67.4 Å². The summed E-state index contributed by atoms with van der Waals surface area (Å²) in [5.41, 5.74) is 15.8. The number of benzene rings is 2. The van der Waals surface area contributed by atoms with Gasteiger partial charge in [0, 0.05) is 24.7 Å². The molecule has 2 aromatic carbocycles. The number of nitrogens with two attached hydrogens (primary N) is 3. The van der Waals surface area contributed by atoms with Gasteiger partial charge < -0.3 is 16.8 Å². The smallest absolute Gasteiger partial charge is 0.238 e. The van der Waals surface area contributed by atoms with Gasteiger partial charge in [-0.05, 0) is 73.4 Å². The summed E-state index contributed by atoms with van der Waals surface area (Å²) in [5.74, 6) is 0.241. The van der Waals surface area contributed by atoms with Crippen LogP contribution in [0.1, 0.15) is 69.1 Å². The zero-order valence-corrected chi connectivity index (χ0v) is 21.0. The first-order valence-corrected chi connectivity index (χ1v) is 13.8. The van der Waals surface area contributed by atoms with Crippen molar-refractivity contribution in [2.24, 2.45) is 22.5 Å². The Kier molecular flexibility index (Phi) is 11.3. The molecule has 0 heterocycles. The Labute approximate surface area is 200 Å². The zero-order chi connectivity index (χ0) is 24.3. The largest absolute Gasteiger partial charge is 0.385 e. The summed E-state index contributed by atoms with van der Waals surface area (Å²) in [6.45, 7) is 5.67. The van der Waals surface area contributed by atoms with Crippen LogP contribution in [0.25, 0.3) is 0 Å². The fourth-order valence-electron chi connectivity index (χ4n) is 4.33. The highest BCUT2D eigenvalue weighted by atomic mass is 32.2. The Morgan fingerprint density at radius 3 is 2.30 bits per heavy atom. The minimum Gasteiger partial charge on any atom is -0.385 e. The Balaban J connectivity index is 2.51. The van der Waals surface area contributed by atoms with Gasteiger partial charge in [0.15, 0.2) is 0 Å². The first kappa shape index (κ1) is 27.3. The van der Waals surface area contributed by atoms with E-state index < -0.39 is 10.0 Å². The Morgan fingerprint density at radius 1 is 0.970 bits per heavy atom. The maximum absolute atomic E-state index is 12.7. The first-order chi connectivity index (χ1) is 15.8. The van der Waals surface area contributed by atoms with E-state index in [0.29, 0.717) is 19.4 Å². The number of rotatable bonds is 15. The molecule has 0 aromatic heterocycles. The molecule has 2 aromatic rings. The van der Waals surface area contributed by atoms with Crippen molar-refractivity contribution >= 4 is 15.7 Å². The lowest BCUT2D eigenvalue weighted by Crippen LogP contribution is -2.32. The van der Waals surface area contributed by atoms with Gasteiger partial charge in [-0.1, -0.05) is 57.0 Å². The van der Waals surface area contributed by atoms with E-state index in [2.05, 4.69) is 25.2 Å². The Morgan fingerprint density at radius 2 is 1.70 bits per heavy atom. The van der Waals surface area contributed by atoms with Crippen LogP contribution in [0.15, 0.2) is 47.4 Å². The third-order valence-corrected chi connectivity index (χ3v) is 7.13. The van der Waals surface area contributed by atoms with Gasteiger partial charge in [0.25, 0.3) is 0 Å². The summed E-state index contributed by atoms with van der Waals surface area (Å²) in [4.78, 5) is 0.199. The summed E-state index contributed by atoms with van der Waals surface area (Å²) in [5, 5.41) is 9.21. The van der Waals surface area contributed by atoms with Crippen molar-refractivity contribution < 1.29 is 8.42 Å². The highest BCUT2D eigenvalue weighted by molar-refractivity contribution is 7.89. The van der Waals surface area contributed by atoms with Crippen LogP contribution < -0.4 is 21.9 Å². The van der Waals surface area contributed by atoms with E-state index in [-0.39, 0.29) is 16.9 Å². The SMILES string of the molecule is CCCCNc1cc(CC(CCCN)C(N)CCC)cc(S(N)(=O)=O)c1Cc1ccccc1. The molecule has 0 spiro atoms. The molecule has 0 saturated carbocycles. The maximum atomic E-state index is 12.7. The predicted molar refractivity (Wildman–Crippen MR) is 139 cm³/mol. The first-order valence-electron chi connectivity index (χ1n) is 12.2. The van der Waals surface area contributed by atoms with E-state index in [1.807, 2.05) is 30.3 Å². The van der Waals surface area contributed by atoms with Gasteiger partial charge in [0.05, 0.1) is 4.90 Å². The van der Waals surface area contributed by atoms with Gasteiger partial charge in [-0.3, -0.25) is 0 Å². The molecule has 33 heavy (non-hydrogen) atoms. The standard InChI is InChI=1S/C26H42N4O2S/c1-3-5-15-30-25-18-21(16-22(13-9-14-27)24(28)10-4-2)19-26(33(29,31)32)23(25)17-20-11-7-6-8-12-20/h6-8,11-12,18-19,22,24,30H,3-5,9-10,13-17,27-28H2,1-2H3,(H2,29,31,32). The second-order valence-electron chi connectivity index (χ2n) is 8.96. The van der Waals surface area contributed by atoms with Crippen molar-refractivity contribution in [2.75, 3.05) is 18.4 Å². The summed E-state index contributed by atoms with van der Waals surface area (Å²) < 4.78 is 25.4. The third-order valence-electron chi connectivity index (χ3n) is 6.15. The molecule has 0 aliphatic rings. The second kappa shape index (κ2) is 13.7. The van der Waals surface area contributed by atoms with Crippen molar-refractivity contribution in [1.82, 2.24) is 0 Å². The summed E-state index contributed by atoms with van der Waals surface area (Å²) >= 11 is 0. The van der Waals surface area contributed by atoms with E-state index in [4.69, 9.17) is 16.6 Å². The van der Waals surface area contributed by atoms with Crippen LogP contribution in [0.5, 0.6) is 0 Å². The number of primary sulfonamides is 1. The summed E-state index contributed by atoms with van der Waals surface area (Å²) in [7, 11) is -3.90. The molecule has 2 unspecified atom stereocenters. The lowest BCUT2D eigenvalue weighted by molar-refractivity contribution is 0.364. The van der Waals surface area contributed by atoms with Crippen molar-refractivity contribution in [3.8, 4) is 0 Å². The number of sulfonamides is 1. The van der Waals surface area contributed by atoms with Gasteiger partial charge in [-0.25, -0.2) is 13.6 Å². The zero-order valence-electron chi connectivity index (χ0n) is 20.2. The van der Waals surface area contributed by atoms with E-state index >= 15 is 0 Å². The highest BCUT2D eigenvalue weighted by Crippen LogP contribution is 2.31. The van der Waals surface area contributed by atoms with Crippen LogP contribution >= 0.6 is 0 Å². The van der Waals surface area contributed by atoms with Gasteiger partial charge in [-0.2, -0.15) is 0 Å². The number of nitrogens with one attached hydrogen (secondary N) is 1. The van der Waals surface area contributed by atoms with Crippen LogP contribution in [0.3, 0.4) is 0 Å². The van der Waals surface area contributed by atoms with Crippen LogP contribution in [-0.4, -0.2) is 27.5 Å². The molecule has 184 valence electrons. The Bertz CT molecular complexity index is 948. The lowest BCUT2D eigenvalue weighted by Gasteiger charge is -2.25. The van der Waals surface area contributed by atoms with E-state index in [9.17, 15) is 8.42 Å². The molecule has 0 amide bonds. The van der Waals surface area contributed by atoms with Crippen molar-refractivity contribution in [3.05, 3.63) is 59.2 Å². The van der Waals surface area contributed by atoms with Crippen LogP contribution in [0.2, 0.25) is 0 Å². The normalized spacial score (nSPS) is 13.6. The lowest BCUT2D eigenvalue weighted by atomic mass is 9.86. The van der Waals surface area contributed by atoms with Gasteiger partial charge in [-0.15, -0.1) is 0 Å². The number of unbranched alkanes of at least 4 members (excludes halogenated alkanes) is 1. The molecule has 2 rings (SSSR count). The number of anilines is 1. The number of hydrogen-bond donors (Lipinski definition) is 4. The molecule has 6 nitrogen and oxygen atoms in total. The Hall–Kier alpha value is -1.93. The maximum Gasteiger partial charge on any atom is 0.238 e. The molecule has 0 bridgehead atoms. The summed E-state index contributed by atoms with van der Waals surface area (Å²) in [6, 6.07) is 13.8. The monoisotopic (exact) mass is 474 g/mol. The summed E-state index contributed by atoms with van der Waals surface area (Å²) in [6.07, 6.45) is 7.03. The fourth-order valence-corrected chi connectivity index (χ4v) is 5.17. The molecule has 0 fully saturated rings. The molecular weight excluding hydrogens is 432 g/mol. The van der Waals surface area contributed by atoms with Crippen molar-refractivity contribution in [1.29, 1.82) is 0 Å². The van der Waals surface area contributed by atoms with Crippen molar-refractivity contribution in [2.45, 2.75) is 76.2 Å². The quantitative estimate of drug-likeness (QED) is 0.289. The second-order valence-corrected chi connectivity index (χ2v) is 10.5. The van der Waals surface area contributed by atoms with E-state index in [1.165, 1.54) is 0 Å². The molecule has 0 aliphatic carbocycles. The average Bonchev–Trinajstić information content (AvgIpc) is 2.78. The minimum atomic E-state index is -3.90. The molecule has 2 atom stereocenters. The average molecular weight is 475 g/mol. The molecule has 0 aliphatic heterocycles. The van der Waals surface area contributed by atoms with Crippen LogP contribution in [-0.2, 0) is 22.9 Å². The van der Waals surface area contributed by atoms with Crippen LogP contribution in [0.4, 0.5) is 5.69 Å². The molecular formula is C26H42N4O2S. The molecule has 7 N–H and O–H groups in total. The van der Waals surface area contributed by atoms with Gasteiger partial charge in [0.2, 0.25) is 10.0 Å². The topological polar surface area (TPSA) is 124 Å². The molecule has 0 radical (unpaired) electrons. The molecule has 0 saturated heterocycles. The third kappa shape index (κ3) is 8.74. The fraction of sp³-hybridized carbons (Fsp3) is 0.538. The highest BCUT2D eigenvalue weighted by Gasteiger charge is 2.23. The van der Waals surface area contributed by atoms with Gasteiger partial charge >= 0.3 is 0 Å². The van der Waals surface area contributed by atoms with E-state index in [1.54, 1.807) is 6.07 Å². The minimum absolute atomic E-state index is 0.0555.